The lowest BCUT2D eigenvalue weighted by Crippen LogP contribution is -2.42. The number of amides is 1. The van der Waals surface area contributed by atoms with Crippen LogP contribution in [0.5, 0.6) is 0 Å². The molecule has 0 saturated carbocycles. The molecule has 0 aromatic heterocycles. The molecule has 108 valence electrons. The Labute approximate surface area is 125 Å². The lowest BCUT2D eigenvalue weighted by atomic mass is 10.0. The topological polar surface area (TPSA) is 49.3 Å². The van der Waals surface area contributed by atoms with Crippen LogP contribution in [0.25, 0.3) is 0 Å². The van der Waals surface area contributed by atoms with Crippen molar-refractivity contribution in [3.63, 3.8) is 0 Å². The second kappa shape index (κ2) is 7.33. The summed E-state index contributed by atoms with van der Waals surface area (Å²) < 4.78 is 0. The third kappa shape index (κ3) is 4.88. The van der Waals surface area contributed by atoms with Crippen LogP contribution >= 0.6 is 11.6 Å². The van der Waals surface area contributed by atoms with Gasteiger partial charge in [-0.2, -0.15) is 0 Å². The number of hydrogen-bond acceptors (Lipinski definition) is 2. The first kappa shape index (κ1) is 16.6. The second-order valence-electron chi connectivity index (χ2n) is 5.16. The van der Waals surface area contributed by atoms with Gasteiger partial charge in [0.05, 0.1) is 11.6 Å². The molecular formula is C16H20ClNO2. The molecule has 1 aromatic rings. The average Bonchev–Trinajstić information content (AvgIpc) is 2.40. The largest absolute Gasteiger partial charge is 0.395 e. The highest BCUT2D eigenvalue weighted by Crippen LogP contribution is 2.18. The molecule has 1 amide bonds. The van der Waals surface area contributed by atoms with E-state index in [0.717, 1.165) is 6.42 Å². The maximum absolute atomic E-state index is 12.1. The number of carbonyl (C=O) groups is 1. The Hall–Kier alpha value is -1.50. The third-order valence-electron chi connectivity index (χ3n) is 3.03. The van der Waals surface area contributed by atoms with Gasteiger partial charge in [-0.05, 0) is 38.5 Å². The van der Waals surface area contributed by atoms with Crippen LogP contribution < -0.4 is 5.32 Å². The molecule has 0 aliphatic carbocycles. The molecule has 0 aliphatic rings. The fourth-order valence-corrected chi connectivity index (χ4v) is 1.67. The Morgan fingerprint density at radius 3 is 2.70 bits per heavy atom. The molecule has 0 fully saturated rings. The van der Waals surface area contributed by atoms with Gasteiger partial charge in [0, 0.05) is 23.1 Å². The molecule has 0 unspecified atom stereocenters. The molecular weight excluding hydrogens is 274 g/mol. The highest BCUT2D eigenvalue weighted by atomic mass is 35.5. The number of carbonyl (C=O) groups excluding carboxylic acids is 1. The molecule has 0 bridgehead atoms. The highest BCUT2D eigenvalue weighted by Gasteiger charge is 2.19. The van der Waals surface area contributed by atoms with Crippen LogP contribution in [0, 0.1) is 11.8 Å². The summed E-state index contributed by atoms with van der Waals surface area (Å²) in [7, 11) is 0. The maximum Gasteiger partial charge on any atom is 0.251 e. The Morgan fingerprint density at radius 2 is 2.15 bits per heavy atom. The molecule has 4 heteroatoms. The van der Waals surface area contributed by atoms with Crippen molar-refractivity contribution in [2.75, 3.05) is 6.61 Å². The Morgan fingerprint density at radius 1 is 1.45 bits per heavy atom. The van der Waals surface area contributed by atoms with Crippen LogP contribution in [0.4, 0.5) is 0 Å². The van der Waals surface area contributed by atoms with Gasteiger partial charge in [0.25, 0.3) is 5.91 Å². The van der Waals surface area contributed by atoms with Crippen LogP contribution in [-0.2, 0) is 0 Å². The molecule has 1 aromatic carbocycles. The summed E-state index contributed by atoms with van der Waals surface area (Å²) in [6, 6.07) is 5.04. The second-order valence-corrected chi connectivity index (χ2v) is 5.57. The third-order valence-corrected chi connectivity index (χ3v) is 3.34. The van der Waals surface area contributed by atoms with Crippen molar-refractivity contribution in [3.05, 3.63) is 34.3 Å². The van der Waals surface area contributed by atoms with Crippen molar-refractivity contribution < 1.29 is 9.90 Å². The van der Waals surface area contributed by atoms with E-state index in [4.69, 9.17) is 16.7 Å². The molecule has 0 aliphatic heterocycles. The van der Waals surface area contributed by atoms with Gasteiger partial charge in [-0.3, -0.25) is 4.79 Å². The van der Waals surface area contributed by atoms with E-state index in [0.29, 0.717) is 22.6 Å². The van der Waals surface area contributed by atoms with E-state index in [2.05, 4.69) is 17.2 Å². The van der Waals surface area contributed by atoms with Gasteiger partial charge in [0.15, 0.2) is 0 Å². The van der Waals surface area contributed by atoms with Crippen molar-refractivity contribution in [1.29, 1.82) is 0 Å². The van der Waals surface area contributed by atoms with Crippen molar-refractivity contribution >= 4 is 17.5 Å². The summed E-state index contributed by atoms with van der Waals surface area (Å²) >= 11 is 6.11. The van der Waals surface area contributed by atoms with Crippen LogP contribution in [0.2, 0.25) is 5.02 Å². The standard InChI is InChI=1S/C16H20ClNO2/c1-4-16(2,3)18-15(20)13-9-8-12(14(17)11-13)7-5-6-10-19/h8-9,11,19H,4,6,10H2,1-3H3,(H,18,20). The molecule has 0 spiro atoms. The van der Waals surface area contributed by atoms with Crippen LogP contribution in [0.15, 0.2) is 18.2 Å². The van der Waals surface area contributed by atoms with Crippen molar-refractivity contribution in [2.24, 2.45) is 0 Å². The van der Waals surface area contributed by atoms with E-state index in [1.54, 1.807) is 18.2 Å². The predicted molar refractivity (Wildman–Crippen MR) is 81.9 cm³/mol. The lowest BCUT2D eigenvalue weighted by Gasteiger charge is -2.24. The van der Waals surface area contributed by atoms with Gasteiger partial charge in [0.1, 0.15) is 0 Å². The minimum Gasteiger partial charge on any atom is -0.395 e. The van der Waals surface area contributed by atoms with Crippen LogP contribution in [0.3, 0.4) is 0 Å². The number of aliphatic hydroxyl groups is 1. The quantitative estimate of drug-likeness (QED) is 0.839. The zero-order valence-corrected chi connectivity index (χ0v) is 12.8. The van der Waals surface area contributed by atoms with E-state index >= 15 is 0 Å². The van der Waals surface area contributed by atoms with Gasteiger partial charge >= 0.3 is 0 Å². The minimum atomic E-state index is -0.247. The Kier molecular flexibility index (Phi) is 6.06. The van der Waals surface area contributed by atoms with E-state index in [1.165, 1.54) is 0 Å². The van der Waals surface area contributed by atoms with Gasteiger partial charge in [-0.1, -0.05) is 30.4 Å². The van der Waals surface area contributed by atoms with E-state index in [9.17, 15) is 4.79 Å². The van der Waals surface area contributed by atoms with Gasteiger partial charge < -0.3 is 10.4 Å². The van der Waals surface area contributed by atoms with Crippen molar-refractivity contribution in [1.82, 2.24) is 5.32 Å². The first-order valence-electron chi connectivity index (χ1n) is 6.61. The zero-order chi connectivity index (χ0) is 15.2. The first-order valence-corrected chi connectivity index (χ1v) is 6.99. The number of rotatable bonds is 4. The highest BCUT2D eigenvalue weighted by molar-refractivity contribution is 6.32. The number of benzene rings is 1. The van der Waals surface area contributed by atoms with E-state index < -0.39 is 0 Å². The van der Waals surface area contributed by atoms with Crippen molar-refractivity contribution in [2.45, 2.75) is 39.2 Å². The zero-order valence-electron chi connectivity index (χ0n) is 12.1. The number of aliphatic hydroxyl groups excluding tert-OH is 1. The SMILES string of the molecule is CCC(C)(C)NC(=O)c1ccc(C#CCCO)c(Cl)c1. The first-order chi connectivity index (χ1) is 9.39. The normalized spacial score (nSPS) is 10.7. The number of nitrogens with one attached hydrogen (secondary N) is 1. The van der Waals surface area contributed by atoms with Gasteiger partial charge in [-0.15, -0.1) is 0 Å². The fourth-order valence-electron chi connectivity index (χ4n) is 1.44. The summed E-state index contributed by atoms with van der Waals surface area (Å²) in [4.78, 5) is 12.1. The molecule has 0 heterocycles. The molecule has 1 rings (SSSR count). The smallest absolute Gasteiger partial charge is 0.251 e. The van der Waals surface area contributed by atoms with Crippen LogP contribution in [-0.4, -0.2) is 23.2 Å². The number of hydrogen-bond donors (Lipinski definition) is 2. The Bertz CT molecular complexity index is 541. The van der Waals surface area contributed by atoms with E-state index in [-0.39, 0.29) is 18.1 Å². The molecule has 0 radical (unpaired) electrons. The lowest BCUT2D eigenvalue weighted by molar-refractivity contribution is 0.0911. The van der Waals surface area contributed by atoms with E-state index in [1.807, 2.05) is 20.8 Å². The molecule has 0 saturated heterocycles. The number of halogens is 1. The summed E-state index contributed by atoms with van der Waals surface area (Å²) in [5, 5.41) is 12.1. The summed E-state index contributed by atoms with van der Waals surface area (Å²) in [5.41, 5.74) is 0.930. The molecule has 3 nitrogen and oxygen atoms in total. The predicted octanol–water partition coefficient (Wildman–Crippen LogP) is 2.99. The molecule has 2 N–H and O–H groups in total. The Balaban J connectivity index is 2.88. The fraction of sp³-hybridized carbons (Fsp3) is 0.438. The summed E-state index contributed by atoms with van der Waals surface area (Å²) in [6.07, 6.45) is 1.25. The monoisotopic (exact) mass is 293 g/mol. The molecule has 20 heavy (non-hydrogen) atoms. The minimum absolute atomic E-state index is 0.0250. The van der Waals surface area contributed by atoms with Gasteiger partial charge in [0.2, 0.25) is 0 Å². The summed E-state index contributed by atoms with van der Waals surface area (Å²) in [5.74, 6) is 5.52. The summed E-state index contributed by atoms with van der Waals surface area (Å²) in [6.45, 7) is 5.99. The molecule has 0 atom stereocenters. The van der Waals surface area contributed by atoms with Crippen LogP contribution in [0.1, 0.15) is 49.5 Å². The van der Waals surface area contributed by atoms with Crippen molar-refractivity contribution in [3.8, 4) is 11.8 Å². The maximum atomic E-state index is 12.1. The van der Waals surface area contributed by atoms with Gasteiger partial charge in [-0.25, -0.2) is 0 Å². The average molecular weight is 294 g/mol.